The first kappa shape index (κ1) is 12.7. The Morgan fingerprint density at radius 1 is 1.33 bits per heavy atom. The monoisotopic (exact) mass is 250 g/mol. The van der Waals surface area contributed by atoms with E-state index >= 15 is 0 Å². The number of carbonyl (C=O) groups is 1. The molecule has 0 unspecified atom stereocenters. The number of aliphatic carboxylic acids is 1. The second-order valence-corrected chi connectivity index (χ2v) is 4.94. The molecule has 4 heteroatoms. The van der Waals surface area contributed by atoms with Gasteiger partial charge in [0.15, 0.2) is 11.5 Å². The number of phenolic OH excluding ortho intramolecular Hbond substituents is 1. The molecule has 2 rings (SSSR count). The molecule has 0 aliphatic heterocycles. The average molecular weight is 250 g/mol. The van der Waals surface area contributed by atoms with Crippen LogP contribution < -0.4 is 4.74 Å². The largest absolute Gasteiger partial charge is 0.504 e. The quantitative estimate of drug-likeness (QED) is 0.865. The molecule has 0 heterocycles. The summed E-state index contributed by atoms with van der Waals surface area (Å²) in [5.41, 5.74) is 0.609. The van der Waals surface area contributed by atoms with Crippen molar-refractivity contribution in [1.82, 2.24) is 0 Å². The van der Waals surface area contributed by atoms with Crippen molar-refractivity contribution in [2.75, 3.05) is 7.11 Å². The topological polar surface area (TPSA) is 66.8 Å². The van der Waals surface area contributed by atoms with Gasteiger partial charge in [-0.25, -0.2) is 0 Å². The molecule has 1 aliphatic carbocycles. The van der Waals surface area contributed by atoms with Crippen LogP contribution in [0.1, 0.15) is 36.8 Å². The third-order valence-electron chi connectivity index (χ3n) is 3.88. The van der Waals surface area contributed by atoms with Gasteiger partial charge in [0.2, 0.25) is 0 Å². The van der Waals surface area contributed by atoms with Gasteiger partial charge in [-0.15, -0.1) is 0 Å². The lowest BCUT2D eigenvalue weighted by atomic mass is 9.78. The summed E-state index contributed by atoms with van der Waals surface area (Å²) in [7, 11) is 1.49. The number of phenols is 1. The maximum absolute atomic E-state index is 11.6. The van der Waals surface area contributed by atoms with Crippen LogP contribution in [0.2, 0.25) is 0 Å². The number of carboxylic acid groups (broad SMARTS) is 1. The number of hydrogen-bond acceptors (Lipinski definition) is 3. The molecule has 1 aromatic rings. The fraction of sp³-hybridized carbons (Fsp3) is 0.500. The smallest absolute Gasteiger partial charge is 0.314 e. The molecule has 1 aliphatic rings. The summed E-state index contributed by atoms with van der Waals surface area (Å²) in [5, 5.41) is 19.4. The van der Waals surface area contributed by atoms with Crippen LogP contribution in [0.4, 0.5) is 0 Å². The third kappa shape index (κ3) is 1.82. The Kier molecular flexibility index (Phi) is 3.20. The zero-order valence-corrected chi connectivity index (χ0v) is 10.7. The standard InChI is InChI=1S/C14H18O4/c1-9-7-10(8-11(15)12(9)18-2)14(13(16)17)5-3-4-6-14/h7-8,15H,3-6H2,1-2H3,(H,16,17). The van der Waals surface area contributed by atoms with E-state index in [-0.39, 0.29) is 5.75 Å². The van der Waals surface area contributed by atoms with E-state index in [2.05, 4.69) is 0 Å². The Morgan fingerprint density at radius 3 is 2.39 bits per heavy atom. The zero-order valence-electron chi connectivity index (χ0n) is 10.7. The molecular formula is C14H18O4. The van der Waals surface area contributed by atoms with Crippen LogP contribution in [-0.4, -0.2) is 23.3 Å². The summed E-state index contributed by atoms with van der Waals surface area (Å²) in [5.74, 6) is -0.374. The number of aromatic hydroxyl groups is 1. The van der Waals surface area contributed by atoms with Crippen molar-refractivity contribution in [3.05, 3.63) is 23.3 Å². The maximum Gasteiger partial charge on any atom is 0.314 e. The first-order chi connectivity index (χ1) is 8.51. The van der Waals surface area contributed by atoms with Crippen molar-refractivity contribution in [2.24, 2.45) is 0 Å². The first-order valence-corrected chi connectivity index (χ1v) is 6.13. The second-order valence-electron chi connectivity index (χ2n) is 4.94. The number of carboxylic acids is 1. The van der Waals surface area contributed by atoms with Gasteiger partial charge in [-0.2, -0.15) is 0 Å². The highest BCUT2D eigenvalue weighted by atomic mass is 16.5. The predicted molar refractivity (Wildman–Crippen MR) is 67.2 cm³/mol. The maximum atomic E-state index is 11.6. The summed E-state index contributed by atoms with van der Waals surface area (Å²) >= 11 is 0. The van der Waals surface area contributed by atoms with Gasteiger partial charge < -0.3 is 14.9 Å². The Balaban J connectivity index is 2.53. The van der Waals surface area contributed by atoms with Crippen LogP contribution in [0, 0.1) is 6.92 Å². The van der Waals surface area contributed by atoms with E-state index in [9.17, 15) is 15.0 Å². The predicted octanol–water partition coefficient (Wildman–Crippen LogP) is 2.61. The van der Waals surface area contributed by atoms with Crippen LogP contribution in [0.3, 0.4) is 0 Å². The van der Waals surface area contributed by atoms with Gasteiger partial charge in [0.25, 0.3) is 0 Å². The zero-order chi connectivity index (χ0) is 13.3. The lowest BCUT2D eigenvalue weighted by Gasteiger charge is -2.25. The molecule has 0 radical (unpaired) electrons. The van der Waals surface area contributed by atoms with Gasteiger partial charge in [-0.1, -0.05) is 18.9 Å². The van der Waals surface area contributed by atoms with E-state index in [1.165, 1.54) is 13.2 Å². The van der Waals surface area contributed by atoms with Crippen molar-refractivity contribution in [1.29, 1.82) is 0 Å². The molecule has 1 saturated carbocycles. The summed E-state index contributed by atoms with van der Waals surface area (Å²) in [6, 6.07) is 3.35. The van der Waals surface area contributed by atoms with E-state index in [0.29, 0.717) is 24.2 Å². The molecule has 0 amide bonds. The van der Waals surface area contributed by atoms with Gasteiger partial charge in [0.05, 0.1) is 12.5 Å². The molecule has 0 saturated heterocycles. The number of rotatable bonds is 3. The molecule has 98 valence electrons. The number of ether oxygens (including phenoxy) is 1. The minimum atomic E-state index is -0.839. The van der Waals surface area contributed by atoms with Crippen molar-refractivity contribution in [3.63, 3.8) is 0 Å². The average Bonchev–Trinajstić information content (AvgIpc) is 2.78. The van der Waals surface area contributed by atoms with Gasteiger partial charge in [0.1, 0.15) is 0 Å². The van der Waals surface area contributed by atoms with E-state index < -0.39 is 11.4 Å². The minimum Gasteiger partial charge on any atom is -0.504 e. The van der Waals surface area contributed by atoms with Crippen LogP contribution in [0.25, 0.3) is 0 Å². The molecule has 18 heavy (non-hydrogen) atoms. The second kappa shape index (κ2) is 4.52. The molecule has 2 N–H and O–H groups in total. The van der Waals surface area contributed by atoms with Crippen molar-refractivity contribution < 1.29 is 19.7 Å². The molecule has 0 aromatic heterocycles. The highest BCUT2D eigenvalue weighted by Crippen LogP contribution is 2.44. The molecular weight excluding hydrogens is 232 g/mol. The lowest BCUT2D eigenvalue weighted by Crippen LogP contribution is -2.32. The van der Waals surface area contributed by atoms with Crippen LogP contribution >= 0.6 is 0 Å². The summed E-state index contributed by atoms with van der Waals surface area (Å²) in [6.45, 7) is 1.81. The number of hydrogen-bond donors (Lipinski definition) is 2. The number of methoxy groups -OCH3 is 1. The summed E-state index contributed by atoms with van der Waals surface area (Å²) in [6.07, 6.45) is 3.09. The highest BCUT2D eigenvalue weighted by Gasteiger charge is 2.43. The van der Waals surface area contributed by atoms with Crippen LogP contribution in [0.5, 0.6) is 11.5 Å². The summed E-state index contributed by atoms with van der Waals surface area (Å²) in [4.78, 5) is 11.6. The van der Waals surface area contributed by atoms with E-state index in [1.807, 2.05) is 13.0 Å². The Bertz CT molecular complexity index is 450. The Labute approximate surface area is 106 Å². The number of aryl methyl sites for hydroxylation is 1. The molecule has 1 aromatic carbocycles. The first-order valence-electron chi connectivity index (χ1n) is 6.13. The van der Waals surface area contributed by atoms with E-state index in [4.69, 9.17) is 4.74 Å². The normalized spacial score (nSPS) is 17.7. The van der Waals surface area contributed by atoms with Crippen molar-refractivity contribution in [3.8, 4) is 11.5 Å². The Hall–Kier alpha value is -1.71. The molecule has 4 nitrogen and oxygen atoms in total. The molecule has 0 spiro atoms. The van der Waals surface area contributed by atoms with E-state index in [0.717, 1.165) is 18.4 Å². The van der Waals surface area contributed by atoms with Crippen molar-refractivity contribution in [2.45, 2.75) is 38.0 Å². The summed E-state index contributed by atoms with van der Waals surface area (Å²) < 4.78 is 5.09. The fourth-order valence-electron chi connectivity index (χ4n) is 2.90. The van der Waals surface area contributed by atoms with Crippen LogP contribution in [0.15, 0.2) is 12.1 Å². The molecule has 0 bridgehead atoms. The van der Waals surface area contributed by atoms with Crippen LogP contribution in [-0.2, 0) is 10.2 Å². The number of benzene rings is 1. The van der Waals surface area contributed by atoms with E-state index in [1.54, 1.807) is 0 Å². The van der Waals surface area contributed by atoms with Gasteiger partial charge in [-0.3, -0.25) is 4.79 Å². The van der Waals surface area contributed by atoms with Gasteiger partial charge in [-0.05, 0) is 37.0 Å². The molecule has 0 atom stereocenters. The highest BCUT2D eigenvalue weighted by molar-refractivity contribution is 5.82. The van der Waals surface area contributed by atoms with Crippen molar-refractivity contribution >= 4 is 5.97 Å². The van der Waals surface area contributed by atoms with Gasteiger partial charge >= 0.3 is 5.97 Å². The SMILES string of the molecule is COc1c(C)cc(C2(C(=O)O)CCCC2)cc1O. The lowest BCUT2D eigenvalue weighted by molar-refractivity contribution is -0.143. The fourth-order valence-corrected chi connectivity index (χ4v) is 2.90. The minimum absolute atomic E-state index is 0.0139. The Morgan fingerprint density at radius 2 is 1.94 bits per heavy atom. The van der Waals surface area contributed by atoms with Gasteiger partial charge in [0, 0.05) is 0 Å². The molecule has 1 fully saturated rings. The third-order valence-corrected chi connectivity index (χ3v) is 3.88.